The number of hydrogen-bond donors (Lipinski definition) is 0. The van der Waals surface area contributed by atoms with Crippen molar-refractivity contribution >= 4 is 29.5 Å². The van der Waals surface area contributed by atoms with Crippen molar-refractivity contribution in [2.24, 2.45) is 5.92 Å². The van der Waals surface area contributed by atoms with Gasteiger partial charge in [0, 0.05) is 0 Å². The summed E-state index contributed by atoms with van der Waals surface area (Å²) in [7, 11) is 0. The van der Waals surface area contributed by atoms with Crippen LogP contribution in [0.5, 0.6) is 0 Å². The summed E-state index contributed by atoms with van der Waals surface area (Å²) >= 11 is 1.28. The quantitative estimate of drug-likeness (QED) is 0.665. The van der Waals surface area contributed by atoms with Crippen LogP contribution in [0.4, 0.5) is 0 Å². The van der Waals surface area contributed by atoms with Gasteiger partial charge in [-0.15, -0.1) is 5.06 Å². The molecule has 0 N–H and O–H groups in total. The van der Waals surface area contributed by atoms with E-state index in [2.05, 4.69) is 0 Å². The third-order valence-electron chi connectivity index (χ3n) is 2.00. The topological polar surface area (TPSA) is 63.7 Å². The number of thioether (sulfide) groups is 1. The van der Waals surface area contributed by atoms with Crippen molar-refractivity contribution in [3.63, 3.8) is 0 Å². The minimum Gasteiger partial charge on any atom is -0.330 e. The van der Waals surface area contributed by atoms with Crippen LogP contribution in [0.2, 0.25) is 0 Å². The predicted octanol–water partition coefficient (Wildman–Crippen LogP) is 0.591. The number of carbonyl (C=O) groups is 3. The first kappa shape index (κ1) is 12.0. The Labute approximate surface area is 92.1 Å². The van der Waals surface area contributed by atoms with E-state index in [-0.39, 0.29) is 12.3 Å². The molecule has 1 fully saturated rings. The lowest BCUT2D eigenvalue weighted by Gasteiger charge is -2.14. The highest BCUT2D eigenvalue weighted by Gasteiger charge is 2.41. The Morgan fingerprint density at radius 1 is 1.53 bits per heavy atom. The molecule has 5 nitrogen and oxygen atoms in total. The fourth-order valence-electron chi connectivity index (χ4n) is 1.06. The van der Waals surface area contributed by atoms with Crippen molar-refractivity contribution in [3.8, 4) is 0 Å². The molecule has 0 saturated carbocycles. The Hall–Kier alpha value is -1.04. The van der Waals surface area contributed by atoms with E-state index in [1.165, 1.54) is 11.8 Å². The molecule has 1 aliphatic heterocycles. The van der Waals surface area contributed by atoms with Crippen LogP contribution in [0.3, 0.4) is 0 Å². The molecule has 0 bridgehead atoms. The fraction of sp³-hybridized carbons (Fsp3) is 0.667. The molecule has 1 saturated heterocycles. The van der Waals surface area contributed by atoms with Crippen molar-refractivity contribution in [2.75, 3.05) is 6.26 Å². The molecule has 0 aromatic carbocycles. The molecule has 1 rings (SSSR count). The predicted molar refractivity (Wildman–Crippen MR) is 54.7 cm³/mol. The number of amides is 2. The van der Waals surface area contributed by atoms with E-state index in [0.29, 0.717) is 5.06 Å². The largest absolute Gasteiger partial charge is 0.335 e. The van der Waals surface area contributed by atoms with Crippen LogP contribution in [0.1, 0.15) is 20.3 Å². The Morgan fingerprint density at radius 3 is 2.53 bits per heavy atom. The molecule has 15 heavy (non-hydrogen) atoms. The first-order chi connectivity index (χ1) is 6.97. The standard InChI is InChI=1S/C9H13NO4S/c1-5(2)9(13)14-10-7(11)4-6(15-3)8(10)12/h5-6H,4H2,1-3H3. The molecule has 0 aromatic rings. The molecule has 1 atom stereocenters. The van der Waals surface area contributed by atoms with Crippen molar-refractivity contribution in [1.29, 1.82) is 0 Å². The number of rotatable bonds is 3. The zero-order valence-electron chi connectivity index (χ0n) is 8.85. The van der Waals surface area contributed by atoms with Gasteiger partial charge in [-0.25, -0.2) is 4.79 Å². The summed E-state index contributed by atoms with van der Waals surface area (Å²) in [5, 5.41) is 0.168. The van der Waals surface area contributed by atoms with Crippen LogP contribution in [0, 0.1) is 5.92 Å². The maximum atomic E-state index is 11.5. The summed E-state index contributed by atoms with van der Waals surface area (Å²) in [6.07, 6.45) is 1.84. The summed E-state index contributed by atoms with van der Waals surface area (Å²) in [6.45, 7) is 3.28. The lowest BCUT2D eigenvalue weighted by molar-refractivity contribution is -0.199. The summed E-state index contributed by atoms with van der Waals surface area (Å²) < 4.78 is 0. The Bertz CT molecular complexity index is 302. The minimum absolute atomic E-state index is 0.103. The van der Waals surface area contributed by atoms with E-state index in [4.69, 9.17) is 4.84 Å². The first-order valence-corrected chi connectivity index (χ1v) is 5.87. The van der Waals surface area contributed by atoms with Gasteiger partial charge in [-0.3, -0.25) is 9.59 Å². The third-order valence-corrected chi connectivity index (χ3v) is 2.94. The minimum atomic E-state index is -0.571. The molecular weight excluding hydrogens is 218 g/mol. The van der Waals surface area contributed by atoms with Crippen molar-refractivity contribution in [1.82, 2.24) is 5.06 Å². The van der Waals surface area contributed by atoms with E-state index < -0.39 is 23.0 Å². The number of hydroxylamine groups is 2. The van der Waals surface area contributed by atoms with Crippen LogP contribution < -0.4 is 0 Å². The maximum absolute atomic E-state index is 11.5. The van der Waals surface area contributed by atoms with E-state index in [0.717, 1.165) is 0 Å². The van der Waals surface area contributed by atoms with E-state index in [1.807, 2.05) is 0 Å². The average Bonchev–Trinajstić information content (AvgIpc) is 2.44. The second kappa shape index (κ2) is 4.65. The number of imide groups is 1. The molecule has 1 heterocycles. The lowest BCUT2D eigenvalue weighted by Crippen LogP contribution is -2.35. The zero-order chi connectivity index (χ0) is 11.6. The van der Waals surface area contributed by atoms with Gasteiger partial charge in [-0.2, -0.15) is 11.8 Å². The van der Waals surface area contributed by atoms with Crippen LogP contribution in [0.25, 0.3) is 0 Å². The summed E-state index contributed by atoms with van der Waals surface area (Å²) in [5.41, 5.74) is 0. The highest BCUT2D eigenvalue weighted by Crippen LogP contribution is 2.23. The van der Waals surface area contributed by atoms with Crippen LogP contribution in [-0.4, -0.2) is 34.4 Å². The molecule has 1 aliphatic rings. The van der Waals surface area contributed by atoms with Crippen molar-refractivity contribution in [2.45, 2.75) is 25.5 Å². The van der Waals surface area contributed by atoms with Gasteiger partial charge < -0.3 is 4.84 Å². The maximum Gasteiger partial charge on any atom is 0.335 e. The van der Waals surface area contributed by atoms with Crippen LogP contribution in [-0.2, 0) is 19.2 Å². The molecule has 0 aromatic heterocycles. The smallest absolute Gasteiger partial charge is 0.330 e. The Kier molecular flexibility index (Phi) is 3.73. The molecule has 0 spiro atoms. The van der Waals surface area contributed by atoms with Crippen LogP contribution >= 0.6 is 11.8 Å². The number of carbonyl (C=O) groups excluding carboxylic acids is 3. The lowest BCUT2D eigenvalue weighted by atomic mass is 10.2. The highest BCUT2D eigenvalue weighted by atomic mass is 32.2. The molecular formula is C9H13NO4S. The molecule has 2 amide bonds. The SMILES string of the molecule is CSC1CC(=O)N(OC(=O)C(C)C)C1=O. The molecule has 0 radical (unpaired) electrons. The van der Waals surface area contributed by atoms with Gasteiger partial charge >= 0.3 is 5.97 Å². The van der Waals surface area contributed by atoms with E-state index >= 15 is 0 Å². The average molecular weight is 231 g/mol. The summed E-state index contributed by atoms with van der Waals surface area (Å²) in [6, 6.07) is 0. The summed E-state index contributed by atoms with van der Waals surface area (Å²) in [5.74, 6) is -1.83. The number of hydrogen-bond acceptors (Lipinski definition) is 5. The fourth-order valence-corrected chi connectivity index (χ4v) is 1.66. The molecule has 1 unspecified atom stereocenters. The second-order valence-corrected chi connectivity index (χ2v) is 4.56. The van der Waals surface area contributed by atoms with E-state index in [9.17, 15) is 14.4 Å². The van der Waals surface area contributed by atoms with Gasteiger partial charge in [0.05, 0.1) is 17.6 Å². The second-order valence-electron chi connectivity index (χ2n) is 3.52. The molecule has 0 aliphatic carbocycles. The molecule has 6 heteroatoms. The van der Waals surface area contributed by atoms with Gasteiger partial charge in [-0.05, 0) is 6.26 Å². The Balaban J connectivity index is 2.67. The van der Waals surface area contributed by atoms with Crippen molar-refractivity contribution < 1.29 is 19.2 Å². The Morgan fingerprint density at radius 2 is 2.13 bits per heavy atom. The first-order valence-electron chi connectivity index (χ1n) is 4.58. The highest BCUT2D eigenvalue weighted by molar-refractivity contribution is 8.00. The number of nitrogens with zero attached hydrogens (tertiary/aromatic N) is 1. The van der Waals surface area contributed by atoms with Gasteiger partial charge in [0.2, 0.25) is 0 Å². The van der Waals surface area contributed by atoms with Gasteiger partial charge in [0.15, 0.2) is 0 Å². The zero-order valence-corrected chi connectivity index (χ0v) is 9.67. The van der Waals surface area contributed by atoms with E-state index in [1.54, 1.807) is 20.1 Å². The molecule has 84 valence electrons. The van der Waals surface area contributed by atoms with Gasteiger partial charge in [0.25, 0.3) is 11.8 Å². The third kappa shape index (κ3) is 2.50. The van der Waals surface area contributed by atoms with Gasteiger partial charge in [0.1, 0.15) is 0 Å². The van der Waals surface area contributed by atoms with Crippen LogP contribution in [0.15, 0.2) is 0 Å². The van der Waals surface area contributed by atoms with Gasteiger partial charge in [-0.1, -0.05) is 13.8 Å². The van der Waals surface area contributed by atoms with Crippen molar-refractivity contribution in [3.05, 3.63) is 0 Å². The monoisotopic (exact) mass is 231 g/mol. The summed E-state index contributed by atoms with van der Waals surface area (Å²) in [4.78, 5) is 38.8. The normalized spacial score (nSPS) is 21.3.